The Hall–Kier alpha value is -2.64. The monoisotopic (exact) mass is 378 g/mol. The molecule has 0 unspecified atom stereocenters. The van der Waals surface area contributed by atoms with Crippen molar-refractivity contribution in [3.05, 3.63) is 42.9 Å². The van der Waals surface area contributed by atoms with Gasteiger partial charge in [-0.3, -0.25) is 4.40 Å². The fraction of sp³-hybridized carbons (Fsp3) is 0.429. The number of fused-ring (bicyclic) bond motifs is 1. The van der Waals surface area contributed by atoms with Crippen LogP contribution in [0.1, 0.15) is 0 Å². The molecule has 0 saturated carbocycles. The summed E-state index contributed by atoms with van der Waals surface area (Å²) in [5, 5.41) is 0. The number of imidazole rings is 1. The Bertz CT molecular complexity index is 939. The number of morpholine rings is 1. The molecule has 2 aliphatic rings. The van der Waals surface area contributed by atoms with Crippen molar-refractivity contribution in [1.82, 2.24) is 19.3 Å². The highest BCUT2D eigenvalue weighted by Gasteiger charge is 2.20. The molecule has 0 bridgehead atoms. The minimum Gasteiger partial charge on any atom is -0.378 e. The highest BCUT2D eigenvalue weighted by molar-refractivity contribution is 5.72. The quantitative estimate of drug-likeness (QED) is 0.695. The standard InChI is InChI=1S/C21H26N6O/c1-24-8-10-26(11-9-24)20-21-22-6-7-27(21)19(16-23-20)17-2-4-18(5-3-17)25-12-14-28-15-13-25/h2-7,16H,8-15H2,1H3. The highest BCUT2D eigenvalue weighted by atomic mass is 16.5. The van der Waals surface area contributed by atoms with E-state index < -0.39 is 0 Å². The second kappa shape index (κ2) is 7.41. The molecule has 146 valence electrons. The molecule has 3 aromatic rings. The van der Waals surface area contributed by atoms with E-state index in [1.165, 1.54) is 5.69 Å². The Morgan fingerprint density at radius 2 is 1.61 bits per heavy atom. The van der Waals surface area contributed by atoms with E-state index in [2.05, 4.69) is 55.4 Å². The van der Waals surface area contributed by atoms with Gasteiger partial charge in [0.05, 0.1) is 25.1 Å². The first kappa shape index (κ1) is 17.5. The first-order valence-electron chi connectivity index (χ1n) is 9.98. The summed E-state index contributed by atoms with van der Waals surface area (Å²) in [6, 6.07) is 8.74. The predicted molar refractivity (Wildman–Crippen MR) is 111 cm³/mol. The Morgan fingerprint density at radius 3 is 2.36 bits per heavy atom. The van der Waals surface area contributed by atoms with E-state index in [1.54, 1.807) is 0 Å². The zero-order chi connectivity index (χ0) is 18.9. The van der Waals surface area contributed by atoms with Crippen molar-refractivity contribution in [3.63, 3.8) is 0 Å². The maximum atomic E-state index is 5.45. The maximum Gasteiger partial charge on any atom is 0.180 e. The highest BCUT2D eigenvalue weighted by Crippen LogP contribution is 2.27. The van der Waals surface area contributed by atoms with Crippen LogP contribution in [0.25, 0.3) is 16.9 Å². The molecule has 7 heteroatoms. The third-order valence-electron chi connectivity index (χ3n) is 5.75. The van der Waals surface area contributed by atoms with Crippen molar-refractivity contribution in [3.8, 4) is 11.3 Å². The van der Waals surface area contributed by atoms with Crippen LogP contribution < -0.4 is 9.80 Å². The van der Waals surface area contributed by atoms with Gasteiger partial charge in [-0.1, -0.05) is 12.1 Å². The zero-order valence-electron chi connectivity index (χ0n) is 16.3. The van der Waals surface area contributed by atoms with Crippen molar-refractivity contribution in [2.24, 2.45) is 0 Å². The SMILES string of the molecule is CN1CCN(c2ncc(-c3ccc(N4CCOCC4)cc3)n3ccnc23)CC1. The van der Waals surface area contributed by atoms with E-state index in [4.69, 9.17) is 9.72 Å². The van der Waals surface area contributed by atoms with Gasteiger partial charge < -0.3 is 19.4 Å². The smallest absolute Gasteiger partial charge is 0.180 e. The molecule has 2 fully saturated rings. The molecular formula is C21H26N6O. The fourth-order valence-electron chi connectivity index (χ4n) is 4.02. The van der Waals surface area contributed by atoms with Crippen LogP contribution in [0.5, 0.6) is 0 Å². The average Bonchev–Trinajstić information content (AvgIpc) is 3.25. The van der Waals surface area contributed by atoms with E-state index in [9.17, 15) is 0 Å². The number of hydrogen-bond donors (Lipinski definition) is 0. The van der Waals surface area contributed by atoms with Crippen molar-refractivity contribution in [1.29, 1.82) is 0 Å². The number of likely N-dealkylation sites (N-methyl/N-ethyl adjacent to an activating group) is 1. The van der Waals surface area contributed by atoms with Crippen LogP contribution in [0.2, 0.25) is 0 Å². The van der Waals surface area contributed by atoms with Gasteiger partial charge in [0.15, 0.2) is 11.5 Å². The molecule has 5 rings (SSSR count). The van der Waals surface area contributed by atoms with Crippen LogP contribution in [-0.2, 0) is 4.74 Å². The van der Waals surface area contributed by atoms with Gasteiger partial charge in [-0.25, -0.2) is 9.97 Å². The number of nitrogens with zero attached hydrogens (tertiary/aromatic N) is 6. The third-order valence-corrected chi connectivity index (χ3v) is 5.75. The molecule has 2 aliphatic heterocycles. The van der Waals surface area contributed by atoms with Gasteiger partial charge in [-0.2, -0.15) is 0 Å². The summed E-state index contributed by atoms with van der Waals surface area (Å²) >= 11 is 0. The summed E-state index contributed by atoms with van der Waals surface area (Å²) in [5.41, 5.74) is 4.39. The average molecular weight is 378 g/mol. The minimum absolute atomic E-state index is 0.801. The Kier molecular flexibility index (Phi) is 4.62. The Labute approximate surface area is 165 Å². The van der Waals surface area contributed by atoms with E-state index in [0.717, 1.165) is 75.2 Å². The predicted octanol–water partition coefficient (Wildman–Crippen LogP) is 1.98. The van der Waals surface area contributed by atoms with Crippen molar-refractivity contribution in [2.45, 2.75) is 0 Å². The lowest BCUT2D eigenvalue weighted by Gasteiger charge is -2.33. The summed E-state index contributed by atoms with van der Waals surface area (Å²) in [6.07, 6.45) is 5.87. The van der Waals surface area contributed by atoms with Crippen LogP contribution in [-0.4, -0.2) is 78.8 Å². The van der Waals surface area contributed by atoms with Gasteiger partial charge in [0.2, 0.25) is 0 Å². The Morgan fingerprint density at radius 1 is 0.857 bits per heavy atom. The van der Waals surface area contributed by atoms with Crippen LogP contribution in [0.4, 0.5) is 11.5 Å². The first-order valence-corrected chi connectivity index (χ1v) is 9.98. The van der Waals surface area contributed by atoms with Crippen LogP contribution in [0.15, 0.2) is 42.9 Å². The molecule has 0 atom stereocenters. The molecule has 0 aliphatic carbocycles. The molecule has 4 heterocycles. The summed E-state index contributed by atoms with van der Waals surface area (Å²) in [5.74, 6) is 0.979. The van der Waals surface area contributed by atoms with E-state index in [1.807, 2.05) is 18.6 Å². The lowest BCUT2D eigenvalue weighted by Crippen LogP contribution is -2.45. The number of benzene rings is 1. The minimum atomic E-state index is 0.801. The number of aromatic nitrogens is 3. The van der Waals surface area contributed by atoms with Gasteiger partial charge in [-0.05, 0) is 19.2 Å². The van der Waals surface area contributed by atoms with Crippen molar-refractivity contribution in [2.75, 3.05) is 69.3 Å². The summed E-state index contributed by atoms with van der Waals surface area (Å²) in [7, 11) is 2.17. The molecule has 7 nitrogen and oxygen atoms in total. The Balaban J connectivity index is 1.45. The van der Waals surface area contributed by atoms with Gasteiger partial charge in [0.25, 0.3) is 0 Å². The first-order chi connectivity index (χ1) is 13.8. The third kappa shape index (κ3) is 3.21. The van der Waals surface area contributed by atoms with E-state index >= 15 is 0 Å². The largest absolute Gasteiger partial charge is 0.378 e. The van der Waals surface area contributed by atoms with Gasteiger partial charge in [0.1, 0.15) is 0 Å². The number of anilines is 2. The van der Waals surface area contributed by atoms with Gasteiger partial charge in [-0.15, -0.1) is 0 Å². The second-order valence-corrected chi connectivity index (χ2v) is 7.52. The molecule has 28 heavy (non-hydrogen) atoms. The van der Waals surface area contributed by atoms with Gasteiger partial charge >= 0.3 is 0 Å². The lowest BCUT2D eigenvalue weighted by molar-refractivity contribution is 0.122. The molecule has 0 N–H and O–H groups in total. The van der Waals surface area contributed by atoms with Gasteiger partial charge in [0, 0.05) is 62.9 Å². The number of rotatable bonds is 3. The van der Waals surface area contributed by atoms with Crippen molar-refractivity contribution >= 4 is 17.2 Å². The van der Waals surface area contributed by atoms with E-state index in [-0.39, 0.29) is 0 Å². The second-order valence-electron chi connectivity index (χ2n) is 7.52. The molecule has 0 radical (unpaired) electrons. The topological polar surface area (TPSA) is 49.1 Å². The summed E-state index contributed by atoms with van der Waals surface area (Å²) in [6.45, 7) is 7.58. The van der Waals surface area contributed by atoms with Crippen molar-refractivity contribution < 1.29 is 4.74 Å². The number of hydrogen-bond acceptors (Lipinski definition) is 6. The molecular weight excluding hydrogens is 352 g/mol. The molecule has 2 aromatic heterocycles. The van der Waals surface area contributed by atoms with E-state index in [0.29, 0.717) is 0 Å². The molecule has 2 saturated heterocycles. The normalized spacial score (nSPS) is 18.8. The lowest BCUT2D eigenvalue weighted by atomic mass is 10.1. The van der Waals surface area contributed by atoms with Crippen LogP contribution in [0.3, 0.4) is 0 Å². The summed E-state index contributed by atoms with van der Waals surface area (Å²) in [4.78, 5) is 16.5. The fourth-order valence-corrected chi connectivity index (χ4v) is 4.02. The molecule has 1 aromatic carbocycles. The number of piperazine rings is 1. The van der Waals surface area contributed by atoms with Crippen LogP contribution >= 0.6 is 0 Å². The maximum absolute atomic E-state index is 5.45. The molecule has 0 amide bonds. The van der Waals surface area contributed by atoms with Crippen LogP contribution in [0, 0.1) is 0 Å². The zero-order valence-corrected chi connectivity index (χ0v) is 16.3. The summed E-state index contributed by atoms with van der Waals surface area (Å²) < 4.78 is 7.61. The number of ether oxygens (including phenoxy) is 1. The molecule has 0 spiro atoms.